The lowest BCUT2D eigenvalue weighted by Crippen LogP contribution is -2.44. The summed E-state index contributed by atoms with van der Waals surface area (Å²) in [4.78, 5) is 4.33. The first kappa shape index (κ1) is 19.2. The summed E-state index contributed by atoms with van der Waals surface area (Å²) in [5, 5.41) is 6.17. The third kappa shape index (κ3) is 7.41. The predicted molar refractivity (Wildman–Crippen MR) is 88.3 cm³/mol. The molecule has 130 valence electrons. The molecule has 1 heterocycles. The average Bonchev–Trinajstić information content (AvgIpc) is 2.77. The summed E-state index contributed by atoms with van der Waals surface area (Å²) in [7, 11) is -6.08. The van der Waals surface area contributed by atoms with E-state index >= 15 is 0 Å². The molecule has 0 amide bonds. The minimum atomic E-state index is -3.16. The van der Waals surface area contributed by atoms with Gasteiger partial charge >= 0.3 is 0 Å². The van der Waals surface area contributed by atoms with Crippen molar-refractivity contribution >= 4 is 25.8 Å². The largest absolute Gasteiger partial charge is 0.357 e. The van der Waals surface area contributed by atoms with Gasteiger partial charge in [0.2, 0.25) is 10.0 Å². The van der Waals surface area contributed by atoms with Gasteiger partial charge in [0.15, 0.2) is 15.8 Å². The zero-order valence-electron chi connectivity index (χ0n) is 13.1. The molecule has 0 bridgehead atoms. The summed E-state index contributed by atoms with van der Waals surface area (Å²) >= 11 is 0. The quantitative estimate of drug-likeness (QED) is 0.294. The molecule has 0 aromatic carbocycles. The van der Waals surface area contributed by atoms with Crippen LogP contribution in [0.3, 0.4) is 0 Å². The van der Waals surface area contributed by atoms with Crippen molar-refractivity contribution < 1.29 is 16.8 Å². The highest BCUT2D eigenvalue weighted by atomic mass is 32.2. The lowest BCUT2D eigenvalue weighted by molar-refractivity contribution is 0.580. The van der Waals surface area contributed by atoms with Crippen LogP contribution in [-0.4, -0.2) is 65.7 Å². The van der Waals surface area contributed by atoms with Gasteiger partial charge in [-0.25, -0.2) is 21.6 Å². The van der Waals surface area contributed by atoms with Gasteiger partial charge in [0.1, 0.15) is 0 Å². The molecule has 0 aliphatic carbocycles. The smallest absolute Gasteiger partial charge is 0.211 e. The molecule has 10 heteroatoms. The Balaban J connectivity index is 2.39. The fourth-order valence-electron chi connectivity index (χ4n) is 2.02. The highest BCUT2D eigenvalue weighted by Gasteiger charge is 2.28. The Hall–Kier alpha value is -0.870. The number of nitrogens with zero attached hydrogens (tertiary/aromatic N) is 1. The first-order chi connectivity index (χ1) is 10.3. The first-order valence-corrected chi connectivity index (χ1v) is 11.0. The van der Waals surface area contributed by atoms with Crippen LogP contribution in [-0.2, 0) is 19.9 Å². The van der Waals surface area contributed by atoms with E-state index in [0.29, 0.717) is 38.4 Å². The molecule has 0 aromatic heterocycles. The Morgan fingerprint density at radius 3 is 2.59 bits per heavy atom. The van der Waals surface area contributed by atoms with Gasteiger partial charge < -0.3 is 10.6 Å². The van der Waals surface area contributed by atoms with E-state index in [1.54, 1.807) is 6.92 Å². The molecule has 1 saturated heterocycles. The number of nitrogens with one attached hydrogen (secondary N) is 3. The number of guanidine groups is 1. The molecule has 3 N–H and O–H groups in total. The molecule has 0 radical (unpaired) electrons. The molecule has 1 atom stereocenters. The molecule has 1 rings (SSSR count). The zero-order valence-corrected chi connectivity index (χ0v) is 14.8. The topological polar surface area (TPSA) is 117 Å². The molecule has 1 fully saturated rings. The van der Waals surface area contributed by atoms with Gasteiger partial charge in [0.25, 0.3) is 0 Å². The second-order valence-electron chi connectivity index (χ2n) is 5.16. The maximum atomic E-state index is 11.4. The SMILES string of the molecule is CCNC(=NCCCNS(=O)(=O)CC)NC1CCS(=O)(=O)C1. The second-order valence-corrected chi connectivity index (χ2v) is 9.48. The van der Waals surface area contributed by atoms with Crippen LogP contribution in [0.2, 0.25) is 0 Å². The fraction of sp³-hybridized carbons (Fsp3) is 0.917. The summed E-state index contributed by atoms with van der Waals surface area (Å²) in [6.07, 6.45) is 1.17. The van der Waals surface area contributed by atoms with Crippen LogP contribution in [0.5, 0.6) is 0 Å². The molecule has 22 heavy (non-hydrogen) atoms. The van der Waals surface area contributed by atoms with E-state index in [-0.39, 0.29) is 23.3 Å². The van der Waals surface area contributed by atoms with Gasteiger partial charge in [-0.2, -0.15) is 0 Å². The summed E-state index contributed by atoms with van der Waals surface area (Å²) < 4.78 is 47.9. The number of aliphatic imine (C=N–C) groups is 1. The summed E-state index contributed by atoms with van der Waals surface area (Å²) in [5.74, 6) is 0.982. The summed E-state index contributed by atoms with van der Waals surface area (Å²) in [5.41, 5.74) is 0. The van der Waals surface area contributed by atoms with Crippen molar-refractivity contribution in [3.05, 3.63) is 0 Å². The number of sulfone groups is 1. The first-order valence-electron chi connectivity index (χ1n) is 7.50. The standard InChI is InChI=1S/C12H26N4O4S2/c1-3-13-12(16-11-6-9-21(17,18)10-11)14-7-5-8-15-22(19,20)4-2/h11,15H,3-10H2,1-2H3,(H2,13,14,16). The Labute approximate surface area is 133 Å². The number of rotatable bonds is 8. The minimum Gasteiger partial charge on any atom is -0.357 e. The number of hydrogen-bond acceptors (Lipinski definition) is 5. The summed E-state index contributed by atoms with van der Waals surface area (Å²) in [6.45, 7) is 4.99. The van der Waals surface area contributed by atoms with Crippen LogP contribution < -0.4 is 15.4 Å². The minimum absolute atomic E-state index is 0.0661. The Morgan fingerprint density at radius 1 is 1.32 bits per heavy atom. The van der Waals surface area contributed by atoms with Crippen molar-refractivity contribution in [1.82, 2.24) is 15.4 Å². The van der Waals surface area contributed by atoms with Crippen LogP contribution >= 0.6 is 0 Å². The second kappa shape index (κ2) is 8.68. The lowest BCUT2D eigenvalue weighted by atomic mass is 10.3. The van der Waals surface area contributed by atoms with Gasteiger partial charge in [-0.15, -0.1) is 0 Å². The summed E-state index contributed by atoms with van der Waals surface area (Å²) in [6, 6.07) is -0.110. The van der Waals surface area contributed by atoms with E-state index < -0.39 is 19.9 Å². The molecule has 1 aliphatic rings. The Kier molecular flexibility index (Phi) is 7.57. The van der Waals surface area contributed by atoms with E-state index in [9.17, 15) is 16.8 Å². The van der Waals surface area contributed by atoms with E-state index in [0.717, 1.165) is 0 Å². The third-order valence-electron chi connectivity index (χ3n) is 3.22. The van der Waals surface area contributed by atoms with Gasteiger partial charge in [-0.1, -0.05) is 0 Å². The van der Waals surface area contributed by atoms with E-state index in [1.807, 2.05) is 6.92 Å². The monoisotopic (exact) mass is 354 g/mol. The number of hydrogen-bond donors (Lipinski definition) is 3. The average molecular weight is 354 g/mol. The van der Waals surface area contributed by atoms with Gasteiger partial charge in [-0.3, -0.25) is 4.99 Å². The van der Waals surface area contributed by atoms with Gasteiger partial charge in [0.05, 0.1) is 17.3 Å². The highest BCUT2D eigenvalue weighted by molar-refractivity contribution is 7.91. The number of sulfonamides is 1. The van der Waals surface area contributed by atoms with Crippen LogP contribution in [0.15, 0.2) is 4.99 Å². The maximum absolute atomic E-state index is 11.4. The van der Waals surface area contributed by atoms with Crippen molar-refractivity contribution in [1.29, 1.82) is 0 Å². The predicted octanol–water partition coefficient (Wildman–Crippen LogP) is -0.942. The van der Waals surface area contributed by atoms with E-state index in [4.69, 9.17) is 0 Å². The Bertz CT molecular complexity index is 572. The van der Waals surface area contributed by atoms with Crippen molar-refractivity contribution in [3.8, 4) is 0 Å². The normalized spacial score (nSPS) is 21.7. The third-order valence-corrected chi connectivity index (χ3v) is 6.40. The van der Waals surface area contributed by atoms with E-state index in [2.05, 4.69) is 20.3 Å². The highest BCUT2D eigenvalue weighted by Crippen LogP contribution is 2.10. The molecule has 1 unspecified atom stereocenters. The fourth-order valence-corrected chi connectivity index (χ4v) is 4.35. The molecular weight excluding hydrogens is 328 g/mol. The van der Waals surface area contributed by atoms with Crippen molar-refractivity contribution in [2.75, 3.05) is 36.9 Å². The van der Waals surface area contributed by atoms with Gasteiger partial charge in [-0.05, 0) is 26.7 Å². The van der Waals surface area contributed by atoms with E-state index in [1.165, 1.54) is 0 Å². The van der Waals surface area contributed by atoms with Crippen molar-refractivity contribution in [2.24, 2.45) is 4.99 Å². The Morgan fingerprint density at radius 2 is 2.05 bits per heavy atom. The van der Waals surface area contributed by atoms with Crippen LogP contribution in [0.1, 0.15) is 26.7 Å². The van der Waals surface area contributed by atoms with Crippen LogP contribution in [0.25, 0.3) is 0 Å². The molecule has 1 aliphatic heterocycles. The molecule has 0 spiro atoms. The van der Waals surface area contributed by atoms with Crippen molar-refractivity contribution in [2.45, 2.75) is 32.7 Å². The molecule has 8 nitrogen and oxygen atoms in total. The molecular formula is C12H26N4O4S2. The van der Waals surface area contributed by atoms with Crippen LogP contribution in [0.4, 0.5) is 0 Å². The van der Waals surface area contributed by atoms with Crippen LogP contribution in [0, 0.1) is 0 Å². The maximum Gasteiger partial charge on any atom is 0.211 e. The zero-order chi connectivity index (χ0) is 16.6. The molecule has 0 aromatic rings. The van der Waals surface area contributed by atoms with Gasteiger partial charge in [0, 0.05) is 25.7 Å². The lowest BCUT2D eigenvalue weighted by Gasteiger charge is -2.15. The molecule has 0 saturated carbocycles. The van der Waals surface area contributed by atoms with Crippen molar-refractivity contribution in [3.63, 3.8) is 0 Å².